The summed E-state index contributed by atoms with van der Waals surface area (Å²) in [5, 5.41) is 0. The number of hydrogen-bond donors (Lipinski definition) is 0. The second-order valence-corrected chi connectivity index (χ2v) is 46.9. The second kappa shape index (κ2) is 71.6. The molecule has 0 radical (unpaired) electrons. The third kappa shape index (κ3) is 93.0. The summed E-state index contributed by atoms with van der Waals surface area (Å²) in [5.74, 6) is 0. The molecule has 0 aliphatic heterocycles. The van der Waals surface area contributed by atoms with E-state index in [1.807, 2.05) is 0 Å². The zero-order valence-corrected chi connectivity index (χ0v) is 67.5. The summed E-state index contributed by atoms with van der Waals surface area (Å²) in [6.45, 7) is 33.0. The fraction of sp³-hybridized carbons (Fsp3) is 1.00. The maximum absolute atomic E-state index is 5.33. The van der Waals surface area contributed by atoms with Crippen molar-refractivity contribution in [2.75, 3.05) is 79.3 Å². The predicted octanol–water partition coefficient (Wildman–Crippen LogP) is 20.3. The van der Waals surface area contributed by atoms with Crippen molar-refractivity contribution in [3.63, 3.8) is 0 Å². The topological polar surface area (TPSA) is 111 Å². The summed E-state index contributed by atoms with van der Waals surface area (Å²) in [6, 6.07) is 0. The van der Waals surface area contributed by atoms with E-state index >= 15 is 0 Å². The number of hydrogen-bond acceptors (Lipinski definition) is 24. The van der Waals surface area contributed by atoms with Crippen LogP contribution in [0.25, 0.3) is 0 Å². The Morgan fingerprint density at radius 1 is 0.190 bits per heavy atom. The molecule has 486 valence electrons. The normalized spacial score (nSPS) is 11.8. The van der Waals surface area contributed by atoms with E-state index in [4.69, 9.17) is 199 Å². The smallest absolute Gasteiger partial charge is 0.0563 e. The average Bonchev–Trinajstić information content (AvgIpc) is 3.35. The van der Waals surface area contributed by atoms with Crippen LogP contribution in [-0.2, 0) is 220 Å². The van der Waals surface area contributed by atoms with Crippen molar-refractivity contribution >= 4 is 178 Å². The maximum atomic E-state index is 5.33. The van der Waals surface area contributed by atoms with Crippen molar-refractivity contribution in [3.8, 4) is 0 Å². The van der Waals surface area contributed by atoms with Gasteiger partial charge in [-0.15, -0.1) is 0 Å². The monoisotopic (exact) mass is 1540 g/mol. The summed E-state index contributed by atoms with van der Waals surface area (Å²) < 4.78 is 64.0. The standard InChI is InChI=1S/6C8H19O2PS2.Mo/c6*1-3-5-7-9-11(12,13)10-8-6-4-2;/h6*3-8H2,1-2H3,(H,12,13);/p-6. The van der Waals surface area contributed by atoms with Crippen molar-refractivity contribution in [1.29, 1.82) is 0 Å². The Labute approximate surface area is 564 Å². The van der Waals surface area contributed by atoms with Gasteiger partial charge in [-0.2, -0.15) is 0 Å². The van der Waals surface area contributed by atoms with Crippen LogP contribution >= 0.6 is 34.2 Å². The zero-order valence-electron chi connectivity index (χ0n) is 50.3. The molecule has 0 unspecified atom stereocenters. The molecule has 0 atom stereocenters. The van der Waals surface area contributed by atoms with E-state index in [1.165, 1.54) is 0 Å². The minimum Gasteiger partial charge on any atom is -0.691 e. The third-order valence-electron chi connectivity index (χ3n) is 8.97. The average molecular weight is 1540 g/mol. The van der Waals surface area contributed by atoms with Crippen LogP contribution in [0.1, 0.15) is 237 Å². The van der Waals surface area contributed by atoms with Gasteiger partial charge in [0, 0.05) is 21.1 Å². The Morgan fingerprint density at radius 2 is 0.253 bits per heavy atom. The first-order valence-electron chi connectivity index (χ1n) is 28.3. The van der Waals surface area contributed by atoms with Gasteiger partial charge in [-0.25, -0.2) is 0 Å². The van der Waals surface area contributed by atoms with Gasteiger partial charge in [0.25, 0.3) is 0 Å². The van der Waals surface area contributed by atoms with Gasteiger partial charge in [-0.05, 0) is 77.0 Å². The van der Waals surface area contributed by atoms with E-state index in [1.54, 1.807) is 0 Å². The SMILES string of the molecule is CCCCOP(=S)([S-])OCCCC.CCCCOP(=S)([S-])OCCCC.CCCCOP(=S)([S-])OCCCC.CCCCOP(=S)([S-])OCCCC.CCCCOP(=S)([S-])OCCCC.CCCCOP(=S)([S-])OCCCC.[Mo]. The van der Waals surface area contributed by atoms with Crippen molar-refractivity contribution in [3.05, 3.63) is 0 Å². The summed E-state index contributed by atoms with van der Waals surface area (Å²) in [5.41, 5.74) is -14.0. The van der Waals surface area contributed by atoms with Crippen molar-refractivity contribution in [1.82, 2.24) is 0 Å². The van der Waals surface area contributed by atoms with Crippen LogP contribution in [0.5, 0.6) is 0 Å². The van der Waals surface area contributed by atoms with Gasteiger partial charge in [0.2, 0.25) is 0 Å². The van der Waals surface area contributed by atoms with Crippen molar-refractivity contribution in [2.24, 2.45) is 0 Å². The van der Waals surface area contributed by atoms with Crippen LogP contribution in [0, 0.1) is 0 Å². The minimum absolute atomic E-state index is 0. The molecule has 79 heavy (non-hydrogen) atoms. The Hall–Kier alpha value is 6.21. The van der Waals surface area contributed by atoms with Crippen LogP contribution in [0.15, 0.2) is 0 Å². The summed E-state index contributed by atoms with van der Waals surface area (Å²) >= 11 is 60.6. The quantitative estimate of drug-likeness (QED) is 0.0249. The van der Waals surface area contributed by atoms with E-state index in [2.05, 4.69) is 83.1 Å². The van der Waals surface area contributed by atoms with E-state index in [0.29, 0.717) is 79.3 Å². The van der Waals surface area contributed by atoms with Gasteiger partial charge < -0.3 is 128 Å². The molecule has 0 aromatic heterocycles. The first-order valence-corrected chi connectivity index (χ1v) is 50.2. The van der Waals surface area contributed by atoms with E-state index in [-0.39, 0.29) is 21.1 Å². The van der Waals surface area contributed by atoms with Gasteiger partial charge in [0.15, 0.2) is 0 Å². The van der Waals surface area contributed by atoms with Crippen LogP contribution < -0.4 is 0 Å². The van der Waals surface area contributed by atoms with E-state index < -0.39 is 34.2 Å². The third-order valence-corrected chi connectivity index (χ3v) is 22.5. The van der Waals surface area contributed by atoms with Crippen LogP contribution in [0.3, 0.4) is 0 Å². The van der Waals surface area contributed by atoms with Gasteiger partial charge >= 0.3 is 0 Å². The van der Waals surface area contributed by atoms with Gasteiger partial charge in [0.05, 0.1) is 113 Å². The van der Waals surface area contributed by atoms with Crippen LogP contribution in [0.2, 0.25) is 0 Å². The minimum atomic E-state index is -2.34. The molecule has 0 bridgehead atoms. The van der Waals surface area contributed by atoms with Crippen molar-refractivity contribution in [2.45, 2.75) is 237 Å². The summed E-state index contributed by atoms with van der Waals surface area (Å²) in [4.78, 5) is 0. The summed E-state index contributed by atoms with van der Waals surface area (Å²) in [7, 11) is 0. The Morgan fingerprint density at radius 3 is 0.304 bits per heavy atom. The molecule has 0 heterocycles. The maximum Gasteiger partial charge on any atom is 0.0563 e. The first kappa shape index (κ1) is 98.8. The second-order valence-electron chi connectivity index (χ2n) is 16.9. The molecule has 0 aliphatic rings. The molecule has 0 saturated heterocycles. The Balaban J connectivity index is -0.000000157. The molecule has 0 aliphatic carbocycles. The fourth-order valence-corrected chi connectivity index (χ4v) is 14.1. The van der Waals surface area contributed by atoms with Crippen LogP contribution in [-0.4, -0.2) is 79.3 Å². The molecule has 0 aromatic carbocycles. The van der Waals surface area contributed by atoms with Gasteiger partial charge in [-0.3, -0.25) is 0 Å². The largest absolute Gasteiger partial charge is 0.691 e. The number of unbranched alkanes of at least 4 members (excludes halogenated alkanes) is 12. The molecule has 0 saturated carbocycles. The van der Waals surface area contributed by atoms with Crippen molar-refractivity contribution < 1.29 is 75.4 Å². The first-order chi connectivity index (χ1) is 36.7. The fourth-order valence-electron chi connectivity index (χ4n) is 4.07. The van der Waals surface area contributed by atoms with Gasteiger partial charge in [-0.1, -0.05) is 231 Å². The number of rotatable bonds is 48. The molecule has 0 fully saturated rings. The molecule has 0 amide bonds. The summed E-state index contributed by atoms with van der Waals surface area (Å²) in [6.07, 6.45) is 25.2. The molecule has 12 nitrogen and oxygen atoms in total. The molecule has 0 aromatic rings. The molecule has 0 spiro atoms. The molecule has 0 N–H and O–H groups in total. The van der Waals surface area contributed by atoms with Gasteiger partial charge in [0.1, 0.15) is 0 Å². The Bertz CT molecular complexity index is 1190. The zero-order chi connectivity index (χ0) is 60.9. The molecular weight excluding hydrogens is 1440 g/mol. The van der Waals surface area contributed by atoms with E-state index in [9.17, 15) is 0 Å². The van der Waals surface area contributed by atoms with E-state index in [0.717, 1.165) is 154 Å². The Kier molecular flexibility index (Phi) is 89.6. The predicted molar refractivity (Wildman–Crippen MR) is 380 cm³/mol. The molecule has 31 heteroatoms. The molecule has 0 rings (SSSR count). The molecular formula is C48H108MoO12P6S12-6. The van der Waals surface area contributed by atoms with Crippen LogP contribution in [0.4, 0.5) is 0 Å².